The van der Waals surface area contributed by atoms with E-state index >= 15 is 0 Å². The van der Waals surface area contributed by atoms with Crippen molar-refractivity contribution < 1.29 is 40.9 Å². The summed E-state index contributed by atoms with van der Waals surface area (Å²) in [5, 5.41) is 28.4. The van der Waals surface area contributed by atoms with Gasteiger partial charge in [0.25, 0.3) is 0 Å². The molecule has 0 saturated carbocycles. The second-order valence-electron chi connectivity index (χ2n) is 7.06. The largest absolute Gasteiger partial charge is 0.486 e. The molecule has 172 valence electrons. The van der Waals surface area contributed by atoms with Crippen LogP contribution in [0.15, 0.2) is 41.3 Å². The van der Waals surface area contributed by atoms with Crippen LogP contribution in [0.1, 0.15) is 11.1 Å². The second-order valence-corrected chi connectivity index (χ2v) is 9.38. The van der Waals surface area contributed by atoms with Gasteiger partial charge in [-0.1, -0.05) is 11.6 Å². The van der Waals surface area contributed by atoms with Crippen molar-refractivity contribution in [2.45, 2.75) is 22.8 Å². The van der Waals surface area contributed by atoms with E-state index in [4.69, 9.17) is 21.6 Å². The summed E-state index contributed by atoms with van der Waals surface area (Å²) in [4.78, 5) is -0.627. The van der Waals surface area contributed by atoms with E-state index in [1.54, 1.807) is 6.07 Å². The highest BCUT2D eigenvalue weighted by atomic mass is 35.5. The van der Waals surface area contributed by atoms with E-state index in [0.717, 1.165) is 12.1 Å². The SMILES string of the molecule is N#Cc1ccc(O[C@H]2CN(S(=O)(=O)c3ccc(C(F)(F)F)cc3Cl)C[C@@]2(O)CO)cc1F. The van der Waals surface area contributed by atoms with Gasteiger partial charge in [-0.3, -0.25) is 0 Å². The van der Waals surface area contributed by atoms with E-state index in [1.165, 1.54) is 6.07 Å². The van der Waals surface area contributed by atoms with Crippen molar-refractivity contribution >= 4 is 21.6 Å². The van der Waals surface area contributed by atoms with Crippen LogP contribution in [0.5, 0.6) is 5.75 Å². The maximum Gasteiger partial charge on any atom is 0.416 e. The third kappa shape index (κ3) is 4.53. The average molecular weight is 495 g/mol. The van der Waals surface area contributed by atoms with Crippen molar-refractivity contribution in [3.05, 3.63) is 58.4 Å². The maximum atomic E-state index is 13.8. The van der Waals surface area contributed by atoms with Crippen molar-refractivity contribution in [3.8, 4) is 11.8 Å². The molecule has 3 rings (SSSR count). The second kappa shape index (κ2) is 8.49. The van der Waals surface area contributed by atoms with Crippen molar-refractivity contribution in [2.75, 3.05) is 19.7 Å². The van der Waals surface area contributed by atoms with Crippen LogP contribution in [-0.2, 0) is 16.2 Å². The molecule has 1 aliphatic heterocycles. The van der Waals surface area contributed by atoms with Crippen LogP contribution >= 0.6 is 11.6 Å². The summed E-state index contributed by atoms with van der Waals surface area (Å²) in [7, 11) is -4.49. The number of sulfonamides is 1. The first kappa shape index (κ1) is 24.2. The van der Waals surface area contributed by atoms with Crippen molar-refractivity contribution in [3.63, 3.8) is 0 Å². The minimum absolute atomic E-state index is 0.134. The van der Waals surface area contributed by atoms with Gasteiger partial charge in [-0.15, -0.1) is 0 Å². The van der Waals surface area contributed by atoms with Crippen molar-refractivity contribution in [2.24, 2.45) is 0 Å². The zero-order valence-electron chi connectivity index (χ0n) is 16.0. The van der Waals surface area contributed by atoms with Gasteiger partial charge in [0.15, 0.2) is 0 Å². The van der Waals surface area contributed by atoms with Crippen LogP contribution in [-0.4, -0.2) is 54.3 Å². The monoisotopic (exact) mass is 494 g/mol. The summed E-state index contributed by atoms with van der Waals surface area (Å²) in [6, 6.07) is 6.54. The minimum atomic E-state index is -4.73. The Morgan fingerprint density at radius 2 is 1.97 bits per heavy atom. The van der Waals surface area contributed by atoms with Crippen LogP contribution in [0.4, 0.5) is 17.6 Å². The Kier molecular flexibility index (Phi) is 6.43. The normalized spacial score (nSPS) is 22.0. The molecule has 1 saturated heterocycles. The number of ether oxygens (including phenoxy) is 1. The van der Waals surface area contributed by atoms with E-state index in [2.05, 4.69) is 0 Å². The fraction of sp³-hybridized carbons (Fsp3) is 0.316. The van der Waals surface area contributed by atoms with Gasteiger partial charge in [-0.25, -0.2) is 12.8 Å². The van der Waals surface area contributed by atoms with Crippen LogP contribution in [0, 0.1) is 17.1 Å². The van der Waals surface area contributed by atoms with Crippen LogP contribution in [0.25, 0.3) is 0 Å². The van der Waals surface area contributed by atoms with E-state index in [9.17, 15) is 36.2 Å². The molecule has 7 nitrogen and oxygen atoms in total. The number of rotatable bonds is 5. The Labute approximate surface area is 185 Å². The van der Waals surface area contributed by atoms with Gasteiger partial charge in [0.1, 0.15) is 34.2 Å². The predicted molar refractivity (Wildman–Crippen MR) is 103 cm³/mol. The summed E-state index contributed by atoms with van der Waals surface area (Å²) in [5.74, 6) is -1.04. The van der Waals surface area contributed by atoms with Gasteiger partial charge in [0.2, 0.25) is 10.0 Å². The Balaban J connectivity index is 1.90. The van der Waals surface area contributed by atoms with Gasteiger partial charge < -0.3 is 14.9 Å². The van der Waals surface area contributed by atoms with Gasteiger partial charge in [0.05, 0.1) is 29.3 Å². The summed E-state index contributed by atoms with van der Waals surface area (Å²) < 4.78 is 84.5. The summed E-state index contributed by atoms with van der Waals surface area (Å²) in [6.45, 7) is -2.10. The topological polar surface area (TPSA) is 111 Å². The molecule has 0 radical (unpaired) electrons. The molecule has 0 unspecified atom stereocenters. The third-order valence-electron chi connectivity index (χ3n) is 4.91. The Hall–Kier alpha value is -2.43. The molecule has 0 spiro atoms. The molecule has 0 aliphatic carbocycles. The average Bonchev–Trinajstić information content (AvgIpc) is 3.05. The molecular weight excluding hydrogens is 480 g/mol. The molecule has 1 fully saturated rings. The first-order valence-corrected chi connectivity index (χ1v) is 10.7. The van der Waals surface area contributed by atoms with Crippen molar-refractivity contribution in [1.29, 1.82) is 5.26 Å². The molecule has 1 heterocycles. The Morgan fingerprint density at radius 3 is 2.50 bits per heavy atom. The standard InChI is InChI=1S/C19H15ClF4N2O5S/c20-14-5-12(19(22,23)24)2-4-16(14)32(29,30)26-8-17(18(28,9-26)10-27)31-13-3-1-11(7-25)15(21)6-13/h1-6,17,27-28H,8-10H2/t17-,18+/m0/s1. The number of benzene rings is 2. The lowest BCUT2D eigenvalue weighted by Gasteiger charge is -2.27. The van der Waals surface area contributed by atoms with E-state index in [0.29, 0.717) is 22.5 Å². The molecule has 2 atom stereocenters. The molecule has 1 aliphatic rings. The van der Waals surface area contributed by atoms with Crippen molar-refractivity contribution in [1.82, 2.24) is 4.31 Å². The van der Waals surface area contributed by atoms with Crippen LogP contribution in [0.3, 0.4) is 0 Å². The lowest BCUT2D eigenvalue weighted by molar-refractivity contribution is -0.137. The Bertz CT molecular complexity index is 1190. The van der Waals surface area contributed by atoms with Gasteiger partial charge in [-0.2, -0.15) is 22.7 Å². The van der Waals surface area contributed by atoms with Gasteiger partial charge >= 0.3 is 6.18 Å². The van der Waals surface area contributed by atoms with Crippen LogP contribution in [0.2, 0.25) is 5.02 Å². The Morgan fingerprint density at radius 1 is 1.28 bits per heavy atom. The molecule has 13 heteroatoms. The molecule has 32 heavy (non-hydrogen) atoms. The number of hydrogen-bond acceptors (Lipinski definition) is 6. The molecule has 0 bridgehead atoms. The lowest BCUT2D eigenvalue weighted by atomic mass is 10.0. The minimum Gasteiger partial charge on any atom is -0.486 e. The number of aliphatic hydroxyl groups is 2. The third-order valence-corrected chi connectivity index (χ3v) is 7.20. The highest BCUT2D eigenvalue weighted by molar-refractivity contribution is 7.89. The fourth-order valence-electron chi connectivity index (χ4n) is 3.16. The number of nitriles is 1. The summed E-state index contributed by atoms with van der Waals surface area (Å²) >= 11 is 5.80. The number of β-amino-alcohol motifs (C(OH)–C–C–N with tert-alkyl or cyclic N) is 1. The maximum absolute atomic E-state index is 13.8. The number of alkyl halides is 3. The quantitative estimate of drug-likeness (QED) is 0.618. The number of nitrogens with zero attached hydrogens (tertiary/aromatic N) is 2. The molecule has 0 amide bonds. The fourth-order valence-corrected chi connectivity index (χ4v) is 5.18. The summed E-state index contributed by atoms with van der Waals surface area (Å²) in [5.41, 5.74) is -3.50. The van der Waals surface area contributed by atoms with Crippen LogP contribution < -0.4 is 4.74 Å². The zero-order chi connectivity index (χ0) is 23.9. The van der Waals surface area contributed by atoms with E-state index in [-0.39, 0.29) is 11.3 Å². The van der Waals surface area contributed by atoms with E-state index < -0.39 is 68.9 Å². The first-order valence-electron chi connectivity index (χ1n) is 8.88. The van der Waals surface area contributed by atoms with Gasteiger partial charge in [-0.05, 0) is 30.3 Å². The van der Waals surface area contributed by atoms with E-state index in [1.807, 2.05) is 0 Å². The highest BCUT2D eigenvalue weighted by Crippen LogP contribution is 2.36. The number of aliphatic hydroxyl groups excluding tert-OH is 1. The lowest BCUT2D eigenvalue weighted by Crippen LogP contribution is -2.48. The van der Waals surface area contributed by atoms with Gasteiger partial charge in [0, 0.05) is 12.6 Å². The molecule has 2 N–H and O–H groups in total. The smallest absolute Gasteiger partial charge is 0.416 e. The molecule has 2 aromatic carbocycles. The molecular formula is C19H15ClF4N2O5S. The highest BCUT2D eigenvalue weighted by Gasteiger charge is 2.51. The number of hydrogen-bond donors (Lipinski definition) is 2. The predicted octanol–water partition coefficient (Wildman–Crippen LogP) is 2.54. The summed E-state index contributed by atoms with van der Waals surface area (Å²) in [6.07, 6.45) is -6.09. The number of halogens is 5. The zero-order valence-corrected chi connectivity index (χ0v) is 17.5. The first-order chi connectivity index (χ1) is 14.8. The molecule has 0 aromatic heterocycles. The molecule has 2 aromatic rings.